The summed E-state index contributed by atoms with van der Waals surface area (Å²) in [5.74, 6) is 6.49. The molecule has 1 unspecified atom stereocenters. The lowest BCUT2D eigenvalue weighted by molar-refractivity contribution is 0.752. The van der Waals surface area contributed by atoms with Gasteiger partial charge >= 0.3 is 0 Å². The molecule has 0 saturated carbocycles. The quantitative estimate of drug-likeness (QED) is 0.398. The van der Waals surface area contributed by atoms with Crippen molar-refractivity contribution >= 4 is 0 Å². The van der Waals surface area contributed by atoms with Gasteiger partial charge < -0.3 is 0 Å². The van der Waals surface area contributed by atoms with E-state index >= 15 is 0 Å². The van der Waals surface area contributed by atoms with Crippen LogP contribution in [0.4, 0.5) is 0 Å². The summed E-state index contributed by atoms with van der Waals surface area (Å²) in [4.78, 5) is 0. The predicted molar refractivity (Wildman–Crippen MR) is 30.7 cm³/mol. The fourth-order valence-corrected chi connectivity index (χ4v) is 0.564. The normalized spacial score (nSPS) is 27.0. The van der Waals surface area contributed by atoms with E-state index < -0.39 is 0 Å². The first-order chi connectivity index (χ1) is 3.30. The molecule has 0 aromatic heterocycles. The van der Waals surface area contributed by atoms with E-state index in [1.807, 2.05) is 0 Å². The summed E-state index contributed by atoms with van der Waals surface area (Å²) in [7, 11) is 0. The van der Waals surface area contributed by atoms with Crippen molar-refractivity contribution in [3.05, 3.63) is 12.2 Å². The Balaban J connectivity index is 2.68. The lowest BCUT2D eigenvalue weighted by Crippen LogP contribution is -1.86. The van der Waals surface area contributed by atoms with Gasteiger partial charge in [-0.25, -0.2) is 0 Å². The lowest BCUT2D eigenvalue weighted by Gasteiger charge is -1.95. The maximum Gasteiger partial charge on any atom is 0.0165 e. The van der Waals surface area contributed by atoms with Crippen molar-refractivity contribution in [2.45, 2.75) is 13.3 Å². The van der Waals surface area contributed by atoms with Crippen molar-refractivity contribution in [3.63, 3.8) is 0 Å². The molecule has 0 fully saturated rings. The highest BCUT2D eigenvalue weighted by molar-refractivity contribution is 5.33. The highest BCUT2D eigenvalue weighted by atomic mass is 14.1. The first-order valence-electron chi connectivity index (χ1n) is 2.48. The van der Waals surface area contributed by atoms with Crippen LogP contribution in [0.15, 0.2) is 12.2 Å². The molecule has 1 rings (SSSR count). The summed E-state index contributed by atoms with van der Waals surface area (Å²) in [6.45, 7) is 5.90. The van der Waals surface area contributed by atoms with Gasteiger partial charge in [0.05, 0.1) is 0 Å². The smallest absolute Gasteiger partial charge is 0.0165 e. The van der Waals surface area contributed by atoms with Gasteiger partial charge in [0, 0.05) is 6.42 Å². The average molecular weight is 92.1 g/mol. The fraction of sp³-hybridized carbons (Fsp3) is 0.429. The molecule has 0 aromatic carbocycles. The predicted octanol–water partition coefficient (Wildman–Crippen LogP) is 1.59. The molecule has 0 radical (unpaired) electrons. The van der Waals surface area contributed by atoms with Crippen molar-refractivity contribution in [2.24, 2.45) is 5.92 Å². The van der Waals surface area contributed by atoms with Gasteiger partial charge in [0.2, 0.25) is 0 Å². The minimum Gasteiger partial charge on any atom is -0.0976 e. The lowest BCUT2D eigenvalue weighted by atomic mass is 10.1. The highest BCUT2D eigenvalue weighted by Gasteiger charge is 2.05. The van der Waals surface area contributed by atoms with E-state index in [-0.39, 0.29) is 0 Å². The summed E-state index contributed by atoms with van der Waals surface area (Å²) in [6.07, 6.45) is 1.01. The van der Waals surface area contributed by atoms with Gasteiger partial charge in [-0.15, -0.1) is 0 Å². The minimum atomic E-state index is 0.597. The van der Waals surface area contributed by atoms with Crippen LogP contribution < -0.4 is 0 Å². The zero-order valence-electron chi connectivity index (χ0n) is 4.49. The Morgan fingerprint density at radius 2 is 2.57 bits per heavy atom. The van der Waals surface area contributed by atoms with E-state index in [0.717, 1.165) is 12.0 Å². The monoisotopic (exact) mass is 92.1 g/mol. The van der Waals surface area contributed by atoms with Crippen molar-refractivity contribution in [1.82, 2.24) is 0 Å². The minimum absolute atomic E-state index is 0.597. The second-order valence-corrected chi connectivity index (χ2v) is 1.93. The summed E-state index contributed by atoms with van der Waals surface area (Å²) >= 11 is 0. The largest absolute Gasteiger partial charge is 0.0976 e. The standard InChI is InChI=1S/C7H8/c1-6-4-3-5-7(6)2/h7H,1,5H2,2H3. The molecular weight excluding hydrogens is 84.1 g/mol. The molecule has 0 heterocycles. The van der Waals surface area contributed by atoms with Crippen LogP contribution in [0.5, 0.6) is 0 Å². The van der Waals surface area contributed by atoms with Gasteiger partial charge in [-0.2, -0.15) is 0 Å². The molecule has 0 bridgehead atoms. The van der Waals surface area contributed by atoms with Gasteiger partial charge in [0.1, 0.15) is 0 Å². The van der Waals surface area contributed by atoms with Gasteiger partial charge in [-0.05, 0) is 11.5 Å². The Morgan fingerprint density at radius 1 is 1.86 bits per heavy atom. The van der Waals surface area contributed by atoms with Crippen LogP contribution in [0.1, 0.15) is 13.3 Å². The molecule has 1 atom stereocenters. The van der Waals surface area contributed by atoms with E-state index in [4.69, 9.17) is 0 Å². The third-order valence-electron chi connectivity index (χ3n) is 1.25. The third-order valence-corrected chi connectivity index (χ3v) is 1.25. The first kappa shape index (κ1) is 4.46. The molecule has 0 saturated heterocycles. The summed E-state index contributed by atoms with van der Waals surface area (Å²) < 4.78 is 0. The Hall–Kier alpha value is -0.700. The van der Waals surface area contributed by atoms with Crippen molar-refractivity contribution < 1.29 is 0 Å². The maximum atomic E-state index is 3.76. The molecule has 1 aliphatic carbocycles. The molecule has 0 aliphatic heterocycles. The number of hydrogen-bond acceptors (Lipinski definition) is 0. The highest BCUT2D eigenvalue weighted by Crippen LogP contribution is 2.15. The van der Waals surface area contributed by atoms with Gasteiger partial charge in [-0.3, -0.25) is 0 Å². The molecular formula is C7H8. The van der Waals surface area contributed by atoms with E-state index in [2.05, 4.69) is 25.3 Å². The Kier molecular flexibility index (Phi) is 0.906. The van der Waals surface area contributed by atoms with E-state index in [1.165, 1.54) is 0 Å². The van der Waals surface area contributed by atoms with Gasteiger partial charge in [0.15, 0.2) is 0 Å². The number of hydrogen-bond donors (Lipinski definition) is 0. The van der Waals surface area contributed by atoms with Crippen molar-refractivity contribution in [2.75, 3.05) is 0 Å². The molecule has 0 spiro atoms. The molecule has 1 aliphatic rings. The molecule has 0 nitrogen and oxygen atoms in total. The van der Waals surface area contributed by atoms with Crippen LogP contribution in [0, 0.1) is 17.8 Å². The van der Waals surface area contributed by atoms with Crippen LogP contribution in [0.2, 0.25) is 0 Å². The van der Waals surface area contributed by atoms with E-state index in [9.17, 15) is 0 Å². The average Bonchev–Trinajstić information content (AvgIpc) is 1.91. The van der Waals surface area contributed by atoms with Crippen LogP contribution in [0.3, 0.4) is 0 Å². The van der Waals surface area contributed by atoms with Crippen LogP contribution in [-0.4, -0.2) is 0 Å². The summed E-state index contributed by atoms with van der Waals surface area (Å²) in [6, 6.07) is 0. The summed E-state index contributed by atoms with van der Waals surface area (Å²) in [5.41, 5.74) is 1.10. The molecule has 7 heavy (non-hydrogen) atoms. The van der Waals surface area contributed by atoms with Gasteiger partial charge in [-0.1, -0.05) is 25.3 Å². The van der Waals surface area contributed by atoms with Crippen LogP contribution in [-0.2, 0) is 0 Å². The molecule has 0 N–H and O–H groups in total. The Morgan fingerprint density at radius 3 is 2.71 bits per heavy atom. The van der Waals surface area contributed by atoms with E-state index in [1.54, 1.807) is 0 Å². The fourth-order valence-electron chi connectivity index (χ4n) is 0.564. The molecule has 0 amide bonds. The second-order valence-electron chi connectivity index (χ2n) is 1.93. The van der Waals surface area contributed by atoms with Crippen LogP contribution in [0.25, 0.3) is 0 Å². The SMILES string of the molecule is C=C1C#CCC1C. The third kappa shape index (κ3) is 0.667. The Bertz CT molecular complexity index is 143. The van der Waals surface area contributed by atoms with Gasteiger partial charge in [0.25, 0.3) is 0 Å². The zero-order chi connectivity index (χ0) is 5.28. The first-order valence-corrected chi connectivity index (χ1v) is 2.48. The number of rotatable bonds is 0. The van der Waals surface area contributed by atoms with E-state index in [0.29, 0.717) is 5.92 Å². The molecule has 0 heteroatoms. The number of allylic oxidation sites excluding steroid dienone is 1. The molecule has 0 aromatic rings. The second kappa shape index (κ2) is 1.42. The topological polar surface area (TPSA) is 0 Å². The summed E-state index contributed by atoms with van der Waals surface area (Å²) in [5, 5.41) is 0. The Labute approximate surface area is 44.2 Å². The maximum absolute atomic E-state index is 3.76. The van der Waals surface area contributed by atoms with Crippen molar-refractivity contribution in [3.8, 4) is 11.8 Å². The zero-order valence-corrected chi connectivity index (χ0v) is 4.49. The van der Waals surface area contributed by atoms with Crippen molar-refractivity contribution in [1.29, 1.82) is 0 Å². The molecule has 36 valence electrons. The van der Waals surface area contributed by atoms with Crippen LogP contribution >= 0.6 is 0 Å².